The molecular weight excluding hydrogens is 234 g/mol. The topological polar surface area (TPSA) is 39.8 Å². The molecule has 2 aromatic rings. The predicted octanol–water partition coefficient (Wildman–Crippen LogP) is 2.61. The van der Waals surface area contributed by atoms with Crippen LogP contribution in [0.5, 0.6) is 0 Å². The predicted molar refractivity (Wildman–Crippen MR) is 82.7 cm³/mol. The van der Waals surface area contributed by atoms with Crippen molar-refractivity contribution in [2.45, 2.75) is 32.7 Å². The molecule has 104 valence electrons. The molecule has 0 saturated heterocycles. The summed E-state index contributed by atoms with van der Waals surface area (Å²) in [6.45, 7) is 8.56. The van der Waals surface area contributed by atoms with Crippen LogP contribution in [0.4, 0.5) is 0 Å². The lowest BCUT2D eigenvalue weighted by Gasteiger charge is -2.24. The molecule has 2 rings (SSSR count). The average Bonchev–Trinajstić information content (AvgIpc) is 2.71. The van der Waals surface area contributed by atoms with Crippen molar-refractivity contribution in [2.24, 2.45) is 0 Å². The van der Waals surface area contributed by atoms with Crippen LogP contribution in [-0.4, -0.2) is 30.7 Å². The van der Waals surface area contributed by atoms with Crippen LogP contribution in [0.2, 0.25) is 0 Å². The first-order valence-electron chi connectivity index (χ1n) is 6.99. The Bertz CT molecular complexity index is 540. The Labute approximate surface area is 115 Å². The quantitative estimate of drug-likeness (QED) is 0.698. The molecule has 0 aliphatic heterocycles. The Kier molecular flexibility index (Phi) is 4.27. The van der Waals surface area contributed by atoms with E-state index < -0.39 is 0 Å². The van der Waals surface area contributed by atoms with E-state index in [4.69, 9.17) is 0 Å². The van der Waals surface area contributed by atoms with Crippen LogP contribution < -0.4 is 10.6 Å². The number of para-hydroxylation sites is 1. The summed E-state index contributed by atoms with van der Waals surface area (Å²) in [4.78, 5) is 3.46. The number of aromatic amines is 1. The molecule has 3 heteroatoms. The molecule has 19 heavy (non-hydrogen) atoms. The Balaban J connectivity index is 1.97. The van der Waals surface area contributed by atoms with Crippen molar-refractivity contribution in [1.29, 1.82) is 0 Å². The van der Waals surface area contributed by atoms with Crippen LogP contribution in [0.1, 0.15) is 25.1 Å². The molecule has 0 radical (unpaired) electrons. The number of rotatable bonds is 6. The Hall–Kier alpha value is -1.32. The maximum Gasteiger partial charge on any atom is 0.0458 e. The third kappa shape index (κ3) is 3.37. The van der Waals surface area contributed by atoms with E-state index >= 15 is 0 Å². The molecule has 1 heterocycles. The fourth-order valence-corrected chi connectivity index (χ4v) is 2.36. The summed E-state index contributed by atoms with van der Waals surface area (Å²) in [5, 5.41) is 8.19. The number of benzene rings is 1. The summed E-state index contributed by atoms with van der Waals surface area (Å²) >= 11 is 0. The first-order valence-corrected chi connectivity index (χ1v) is 6.99. The van der Waals surface area contributed by atoms with E-state index in [1.54, 1.807) is 0 Å². The molecule has 3 nitrogen and oxygen atoms in total. The lowest BCUT2D eigenvalue weighted by Crippen LogP contribution is -2.46. The highest BCUT2D eigenvalue weighted by Crippen LogP contribution is 2.21. The van der Waals surface area contributed by atoms with Gasteiger partial charge in [0.1, 0.15) is 0 Å². The number of likely N-dealkylation sites (N-methyl/N-ethyl adjacent to an activating group) is 1. The fraction of sp³-hybridized carbons (Fsp3) is 0.500. The summed E-state index contributed by atoms with van der Waals surface area (Å²) in [5.74, 6) is 0. The molecule has 0 aliphatic rings. The van der Waals surface area contributed by atoms with Crippen molar-refractivity contribution < 1.29 is 0 Å². The zero-order valence-corrected chi connectivity index (χ0v) is 12.4. The van der Waals surface area contributed by atoms with Gasteiger partial charge in [0.15, 0.2) is 0 Å². The zero-order valence-electron chi connectivity index (χ0n) is 12.4. The zero-order chi connectivity index (χ0) is 13.9. The van der Waals surface area contributed by atoms with Gasteiger partial charge in [-0.3, -0.25) is 0 Å². The van der Waals surface area contributed by atoms with E-state index in [-0.39, 0.29) is 5.54 Å². The van der Waals surface area contributed by atoms with E-state index in [1.165, 1.54) is 22.2 Å². The monoisotopic (exact) mass is 259 g/mol. The SMILES string of the molecule is CNC(C)(C)CNCCc1c(C)[nH]c2ccccc12. The minimum Gasteiger partial charge on any atom is -0.358 e. The van der Waals surface area contributed by atoms with Gasteiger partial charge < -0.3 is 15.6 Å². The van der Waals surface area contributed by atoms with Crippen LogP contribution in [0.25, 0.3) is 10.9 Å². The maximum absolute atomic E-state index is 3.53. The summed E-state index contributed by atoms with van der Waals surface area (Å²) in [7, 11) is 2.01. The largest absolute Gasteiger partial charge is 0.358 e. The third-order valence-electron chi connectivity index (χ3n) is 3.82. The third-order valence-corrected chi connectivity index (χ3v) is 3.82. The summed E-state index contributed by atoms with van der Waals surface area (Å²) < 4.78 is 0. The molecule has 0 spiro atoms. The molecule has 3 N–H and O–H groups in total. The van der Waals surface area contributed by atoms with Crippen molar-refractivity contribution in [2.75, 3.05) is 20.1 Å². The van der Waals surface area contributed by atoms with Crippen LogP contribution in [0.3, 0.4) is 0 Å². The number of nitrogens with one attached hydrogen (secondary N) is 3. The molecule has 0 amide bonds. The molecule has 1 aromatic heterocycles. The van der Waals surface area contributed by atoms with E-state index in [1.807, 2.05) is 7.05 Å². The van der Waals surface area contributed by atoms with Crippen LogP contribution in [0, 0.1) is 6.92 Å². The van der Waals surface area contributed by atoms with Crippen molar-refractivity contribution in [1.82, 2.24) is 15.6 Å². The van der Waals surface area contributed by atoms with Gasteiger partial charge in [-0.15, -0.1) is 0 Å². The Morgan fingerprint density at radius 2 is 1.95 bits per heavy atom. The smallest absolute Gasteiger partial charge is 0.0458 e. The van der Waals surface area contributed by atoms with E-state index in [2.05, 4.69) is 60.7 Å². The van der Waals surface area contributed by atoms with Crippen LogP contribution in [0.15, 0.2) is 24.3 Å². The van der Waals surface area contributed by atoms with Gasteiger partial charge in [-0.25, -0.2) is 0 Å². The lowest BCUT2D eigenvalue weighted by atomic mass is 10.1. The first-order chi connectivity index (χ1) is 9.03. The number of aromatic nitrogens is 1. The Morgan fingerprint density at radius 1 is 1.21 bits per heavy atom. The highest BCUT2D eigenvalue weighted by atomic mass is 15.0. The number of H-pyrrole nitrogens is 1. The molecule has 0 bridgehead atoms. The van der Waals surface area contributed by atoms with Gasteiger partial charge in [-0.1, -0.05) is 18.2 Å². The first kappa shape index (κ1) is 14.1. The molecule has 0 atom stereocenters. The normalized spacial score (nSPS) is 12.2. The number of aryl methyl sites for hydroxylation is 1. The summed E-state index contributed by atoms with van der Waals surface area (Å²) in [6.07, 6.45) is 1.07. The highest BCUT2D eigenvalue weighted by molar-refractivity contribution is 5.84. The highest BCUT2D eigenvalue weighted by Gasteiger charge is 2.13. The van der Waals surface area contributed by atoms with E-state index in [9.17, 15) is 0 Å². The van der Waals surface area contributed by atoms with Gasteiger partial charge in [-0.05, 0) is 52.4 Å². The van der Waals surface area contributed by atoms with Crippen molar-refractivity contribution in [3.05, 3.63) is 35.5 Å². The maximum atomic E-state index is 3.53. The minimum absolute atomic E-state index is 0.148. The lowest BCUT2D eigenvalue weighted by molar-refractivity contribution is 0.395. The van der Waals surface area contributed by atoms with Crippen molar-refractivity contribution >= 4 is 10.9 Å². The minimum atomic E-state index is 0.148. The Morgan fingerprint density at radius 3 is 2.68 bits per heavy atom. The van der Waals surface area contributed by atoms with Gasteiger partial charge in [-0.2, -0.15) is 0 Å². The average molecular weight is 259 g/mol. The number of hydrogen-bond acceptors (Lipinski definition) is 2. The van der Waals surface area contributed by atoms with E-state index in [0.717, 1.165) is 19.5 Å². The van der Waals surface area contributed by atoms with Crippen molar-refractivity contribution in [3.8, 4) is 0 Å². The van der Waals surface area contributed by atoms with Crippen LogP contribution in [-0.2, 0) is 6.42 Å². The second kappa shape index (κ2) is 5.76. The molecule has 1 aromatic carbocycles. The molecular formula is C16H25N3. The molecule has 0 saturated carbocycles. The van der Waals surface area contributed by atoms with Crippen LogP contribution >= 0.6 is 0 Å². The fourth-order valence-electron chi connectivity index (χ4n) is 2.36. The second-order valence-electron chi connectivity index (χ2n) is 5.83. The molecule has 0 unspecified atom stereocenters. The van der Waals surface area contributed by atoms with Gasteiger partial charge in [0, 0.05) is 28.7 Å². The van der Waals surface area contributed by atoms with Gasteiger partial charge in [0.05, 0.1) is 0 Å². The molecule has 0 fully saturated rings. The summed E-state index contributed by atoms with van der Waals surface area (Å²) in [6, 6.07) is 8.53. The second-order valence-corrected chi connectivity index (χ2v) is 5.83. The van der Waals surface area contributed by atoms with Gasteiger partial charge in [0.2, 0.25) is 0 Å². The standard InChI is InChI=1S/C16H25N3/c1-12-13(9-10-18-11-16(2,3)17-4)14-7-5-6-8-15(14)19-12/h5-8,17-19H,9-11H2,1-4H3. The summed E-state index contributed by atoms with van der Waals surface area (Å²) in [5.41, 5.74) is 4.11. The van der Waals surface area contributed by atoms with E-state index in [0.29, 0.717) is 0 Å². The molecule has 0 aliphatic carbocycles. The van der Waals surface area contributed by atoms with Gasteiger partial charge in [0.25, 0.3) is 0 Å². The number of fused-ring (bicyclic) bond motifs is 1. The van der Waals surface area contributed by atoms with Gasteiger partial charge >= 0.3 is 0 Å². The number of hydrogen-bond donors (Lipinski definition) is 3. The van der Waals surface area contributed by atoms with Crippen molar-refractivity contribution in [3.63, 3.8) is 0 Å².